The first-order chi connectivity index (χ1) is 62.4. The normalized spacial score (nSPS) is 12.5. The Kier molecular flexibility index (Phi) is 29.9. The lowest BCUT2D eigenvalue weighted by molar-refractivity contribution is 0.301. The number of aryl methyl sites for hydroxylation is 12. The Balaban J connectivity index is 0.704. The molecule has 16 rings (SSSR count). The standard InChI is InChI=1S/C93H106Br2N28O4/c1-5-73-57-116(108-100-73)49-21-10-13-25-53-120-60-76(103-111-120)64-124-80-40-32-69(33-41-80)88-89(70-34-42-81(43-35-70)125-65-77-61-121(112-104-77)54-26-14-11-22-50-117-58-74(6-2)101-109-117)98-93(97-88,85-29-17-19-31-87(85)95)123-91(72-38-46-83(47-39-72)127-67-79-63-119(114-106-79)52-24-9-8-20-48-115-56-68(4)99-107-115)90(96-92(123)84-28-16-18-30-86(84)94)71-36-44-82(45-37-71)126-66-78-62-122(113-105-78)55-27-15-12-23-51-118-59-75(7-3)102-110-118/h16-19,28-47,56-63H,5-15,20-27,48-55,64-67H2,1-4H3. The lowest BCUT2D eigenvalue weighted by Crippen LogP contribution is -2.32. The molecule has 0 fully saturated rings. The van der Waals surface area contributed by atoms with E-state index in [1.165, 1.54) is 0 Å². The van der Waals surface area contributed by atoms with Crippen molar-refractivity contribution < 1.29 is 18.9 Å². The van der Waals surface area contributed by atoms with Crippen LogP contribution in [0.1, 0.15) is 186 Å². The van der Waals surface area contributed by atoms with Crippen LogP contribution in [-0.4, -0.2) is 141 Å². The Hall–Kier alpha value is -12.8. The number of hydrogen-bond donors (Lipinski definition) is 0. The molecule has 0 unspecified atom stereocenters. The van der Waals surface area contributed by atoms with Gasteiger partial charge in [-0.1, -0.05) is 182 Å². The molecule has 32 nitrogen and oxygen atoms in total. The molecule has 0 radical (unpaired) electrons. The number of imidazole rings is 1. The number of rotatable bonds is 50. The number of nitrogens with zero attached hydrogens (tertiary/aromatic N) is 28. The van der Waals surface area contributed by atoms with E-state index in [9.17, 15) is 0 Å². The largest absolute Gasteiger partial charge is 0.487 e. The van der Waals surface area contributed by atoms with Crippen LogP contribution in [0.5, 0.6) is 23.0 Å². The highest BCUT2D eigenvalue weighted by Crippen LogP contribution is 2.49. The van der Waals surface area contributed by atoms with Crippen molar-refractivity contribution in [1.82, 2.24) is 130 Å². The van der Waals surface area contributed by atoms with Gasteiger partial charge in [-0.3, -0.25) is 42.0 Å². The van der Waals surface area contributed by atoms with Gasteiger partial charge in [-0.2, -0.15) is 0 Å². The molecule has 0 saturated heterocycles. The van der Waals surface area contributed by atoms with Crippen LogP contribution in [0.3, 0.4) is 0 Å². The fourth-order valence-corrected chi connectivity index (χ4v) is 16.4. The molecular formula is C93H106Br2N28O4. The summed E-state index contributed by atoms with van der Waals surface area (Å²) in [6, 6.07) is 48.4. The second-order valence-corrected chi connectivity index (χ2v) is 33.6. The number of benzene rings is 6. The van der Waals surface area contributed by atoms with E-state index < -0.39 is 5.79 Å². The number of unbranched alkanes of at least 4 members (excludes halogenated alkanes) is 12. The van der Waals surface area contributed by atoms with Gasteiger partial charge < -0.3 is 18.9 Å². The maximum atomic E-state index is 6.57. The molecule has 10 heterocycles. The van der Waals surface area contributed by atoms with E-state index in [0.29, 0.717) is 51.6 Å². The van der Waals surface area contributed by atoms with Gasteiger partial charge in [-0.05, 0) is 187 Å². The molecule has 0 N–H and O–H groups in total. The summed E-state index contributed by atoms with van der Waals surface area (Å²) in [6.07, 6.45) is 35.2. The maximum Gasteiger partial charge on any atom is 0.262 e. The monoisotopic (exact) mass is 1840 g/mol. The van der Waals surface area contributed by atoms with Crippen LogP contribution in [0.25, 0.3) is 33.9 Å². The van der Waals surface area contributed by atoms with Crippen molar-refractivity contribution in [1.29, 1.82) is 0 Å². The second-order valence-electron chi connectivity index (χ2n) is 31.9. The summed E-state index contributed by atoms with van der Waals surface area (Å²) in [6.45, 7) is 15.6. The van der Waals surface area contributed by atoms with Gasteiger partial charge in [0, 0.05) is 119 Å². The fourth-order valence-electron chi connectivity index (χ4n) is 15.4. The van der Waals surface area contributed by atoms with Gasteiger partial charge in [-0.15, -0.1) is 40.8 Å². The lowest BCUT2D eigenvalue weighted by atomic mass is 10.00. The van der Waals surface area contributed by atoms with E-state index in [2.05, 4.69) is 164 Å². The third kappa shape index (κ3) is 23.3. The van der Waals surface area contributed by atoms with E-state index in [-0.39, 0.29) is 26.4 Å². The molecule has 0 atom stereocenters. The van der Waals surface area contributed by atoms with Gasteiger partial charge in [0.2, 0.25) is 0 Å². The van der Waals surface area contributed by atoms with E-state index in [4.69, 9.17) is 33.9 Å². The van der Waals surface area contributed by atoms with Crippen LogP contribution in [0, 0.1) is 6.92 Å². The van der Waals surface area contributed by atoms with E-state index in [1.54, 1.807) is 0 Å². The van der Waals surface area contributed by atoms with Gasteiger partial charge in [-0.25, -0.2) is 15.0 Å². The highest BCUT2D eigenvalue weighted by Gasteiger charge is 2.46. The Bertz CT molecular complexity index is 5900. The summed E-state index contributed by atoms with van der Waals surface area (Å²) < 4.78 is 45.2. The van der Waals surface area contributed by atoms with Crippen molar-refractivity contribution in [2.45, 2.75) is 234 Å². The Morgan fingerprint density at radius 3 is 0.906 bits per heavy atom. The highest BCUT2D eigenvalue weighted by molar-refractivity contribution is 9.11. The summed E-state index contributed by atoms with van der Waals surface area (Å²) >= 11 is 8.16. The number of hydrogen-bond acceptors (Lipinski definition) is 23. The first-order valence-electron chi connectivity index (χ1n) is 44.3. The van der Waals surface area contributed by atoms with Crippen LogP contribution in [-0.2, 0) is 104 Å². The molecule has 0 amide bonds. The summed E-state index contributed by atoms with van der Waals surface area (Å²) in [5.41, 5.74) is 14.1. The topological polar surface area (TPSA) is 325 Å². The van der Waals surface area contributed by atoms with Crippen molar-refractivity contribution in [2.24, 2.45) is 9.98 Å². The highest BCUT2D eigenvalue weighted by atomic mass is 79.9. The smallest absolute Gasteiger partial charge is 0.262 e. The molecule has 0 spiro atoms. The Morgan fingerprint density at radius 1 is 0.299 bits per heavy atom. The predicted octanol–water partition coefficient (Wildman–Crippen LogP) is 17.1. The second kappa shape index (κ2) is 43.4. The van der Waals surface area contributed by atoms with Gasteiger partial charge in [0.15, 0.2) is 0 Å². The van der Waals surface area contributed by atoms with Crippen molar-refractivity contribution >= 4 is 43.3 Å². The van der Waals surface area contributed by atoms with Crippen LogP contribution < -0.4 is 18.9 Å². The minimum absolute atomic E-state index is 0.208. The molecule has 656 valence electrons. The first kappa shape index (κ1) is 87.6. The molecule has 6 aromatic carbocycles. The molecule has 0 saturated carbocycles. The molecule has 1 aliphatic rings. The number of ether oxygens (including phenoxy) is 4. The third-order valence-electron chi connectivity index (χ3n) is 22.3. The van der Waals surface area contributed by atoms with Crippen molar-refractivity contribution in [3.05, 3.63) is 266 Å². The molecule has 34 heteroatoms. The zero-order chi connectivity index (χ0) is 86.9. The first-order valence-corrected chi connectivity index (χ1v) is 45.9. The SMILES string of the molecule is CCc1cn(CCCCCCn2cc(COc3ccc(C4=NC(c5ccccc5Br)(n5c(-c6ccccc6Br)nc(-c6ccc(OCc7cn(CCCCCCn8cc(CC)nn8)nn7)cc6)c5-c5ccc(OCc6cn(CCCCCCn7cc(C)nn7)nn6)cc5)N=C4c4ccc(OCc5cn(CCCCCCn6cc(CC)nn6)nn5)cc4)cc3)nn2)nn1. The van der Waals surface area contributed by atoms with E-state index in [1.807, 2.05) is 215 Å². The minimum Gasteiger partial charge on any atom is -0.487 e. The maximum absolute atomic E-state index is 6.57. The Morgan fingerprint density at radius 2 is 0.591 bits per heavy atom. The van der Waals surface area contributed by atoms with Crippen LogP contribution >= 0.6 is 31.9 Å². The summed E-state index contributed by atoms with van der Waals surface area (Å²) in [4.78, 5) is 18.1. The lowest BCUT2D eigenvalue weighted by Gasteiger charge is -2.30. The van der Waals surface area contributed by atoms with Gasteiger partial charge in [0.1, 0.15) is 78.0 Å². The average Bonchev–Trinajstić information content (AvgIpc) is 1.54. The fraction of sp³-hybridized carbons (Fsp3) is 0.387. The summed E-state index contributed by atoms with van der Waals surface area (Å²) in [5.74, 6) is 1.48. The zero-order valence-electron chi connectivity index (χ0n) is 72.3. The van der Waals surface area contributed by atoms with Gasteiger partial charge >= 0.3 is 0 Å². The zero-order valence-corrected chi connectivity index (χ0v) is 75.5. The van der Waals surface area contributed by atoms with Crippen LogP contribution in [0.4, 0.5) is 0 Å². The minimum atomic E-state index is -1.65. The van der Waals surface area contributed by atoms with E-state index in [0.717, 1.165) is 262 Å². The van der Waals surface area contributed by atoms with Gasteiger partial charge in [0.05, 0.1) is 70.4 Å². The van der Waals surface area contributed by atoms with E-state index >= 15 is 0 Å². The molecule has 0 aliphatic carbocycles. The molecule has 9 aromatic heterocycles. The quantitative estimate of drug-likeness (QED) is 0.0320. The molecule has 127 heavy (non-hydrogen) atoms. The van der Waals surface area contributed by atoms with Crippen LogP contribution in [0.2, 0.25) is 0 Å². The number of aliphatic imine (C=N–C) groups is 2. The number of halogens is 2. The molecule has 15 aromatic rings. The summed E-state index contributed by atoms with van der Waals surface area (Å²) in [5, 5.41) is 69.7. The molecular weight excluding hydrogens is 1730 g/mol. The van der Waals surface area contributed by atoms with Gasteiger partial charge in [0.25, 0.3) is 5.79 Å². The summed E-state index contributed by atoms with van der Waals surface area (Å²) in [7, 11) is 0. The number of aromatic nitrogens is 26. The average molecular weight is 1840 g/mol. The van der Waals surface area contributed by atoms with Crippen molar-refractivity contribution in [3.8, 4) is 56.9 Å². The molecule has 1 aliphatic heterocycles. The predicted molar refractivity (Wildman–Crippen MR) is 488 cm³/mol. The van der Waals surface area contributed by atoms with Crippen LogP contribution in [0.15, 0.2) is 214 Å². The van der Waals surface area contributed by atoms with Crippen molar-refractivity contribution in [2.75, 3.05) is 0 Å². The van der Waals surface area contributed by atoms with Crippen molar-refractivity contribution in [3.63, 3.8) is 0 Å². The Labute approximate surface area is 754 Å². The molecule has 0 bridgehead atoms. The third-order valence-corrected chi connectivity index (χ3v) is 23.7.